The van der Waals surface area contributed by atoms with Gasteiger partial charge in [-0.1, -0.05) is 6.92 Å². The highest BCUT2D eigenvalue weighted by Crippen LogP contribution is 2.26. The maximum Gasteiger partial charge on any atom is 0.236 e. The van der Waals surface area contributed by atoms with Crippen LogP contribution in [0.25, 0.3) is 0 Å². The smallest absolute Gasteiger partial charge is 0.236 e. The fourth-order valence-corrected chi connectivity index (χ4v) is 3.63. The highest BCUT2D eigenvalue weighted by Gasteiger charge is 2.37. The molecule has 4 heteroatoms. The van der Waals surface area contributed by atoms with Crippen LogP contribution in [0.5, 0.6) is 0 Å². The van der Waals surface area contributed by atoms with E-state index in [4.69, 9.17) is 0 Å². The van der Waals surface area contributed by atoms with Gasteiger partial charge in [0.05, 0.1) is 6.54 Å². The first-order valence-electron chi connectivity index (χ1n) is 7.43. The van der Waals surface area contributed by atoms with Crippen LogP contribution in [0.1, 0.15) is 19.8 Å². The standard InChI is InChI=1S/C14H25N3O/c1-11-2-4-17(5-3-11)14(18)10-16-8-12-6-15-7-13(12)9-16/h11-13,15H,2-10H2,1H3/t12-,13+. The molecule has 0 saturated carbocycles. The Hall–Kier alpha value is -0.610. The molecule has 3 heterocycles. The molecule has 102 valence electrons. The van der Waals surface area contributed by atoms with E-state index in [0.717, 1.165) is 57.0 Å². The van der Waals surface area contributed by atoms with Crippen molar-refractivity contribution < 1.29 is 4.79 Å². The lowest BCUT2D eigenvalue weighted by molar-refractivity contribution is -0.133. The lowest BCUT2D eigenvalue weighted by atomic mass is 9.99. The summed E-state index contributed by atoms with van der Waals surface area (Å²) in [6.45, 7) is 9.43. The Kier molecular flexibility index (Phi) is 3.57. The number of amides is 1. The maximum atomic E-state index is 12.2. The third kappa shape index (κ3) is 2.54. The summed E-state index contributed by atoms with van der Waals surface area (Å²) in [5.41, 5.74) is 0. The van der Waals surface area contributed by atoms with Gasteiger partial charge in [0.2, 0.25) is 5.91 Å². The van der Waals surface area contributed by atoms with Crippen molar-refractivity contribution in [2.75, 3.05) is 45.8 Å². The second kappa shape index (κ2) is 5.17. The van der Waals surface area contributed by atoms with Crippen molar-refractivity contribution in [3.05, 3.63) is 0 Å². The van der Waals surface area contributed by atoms with Gasteiger partial charge in [-0.3, -0.25) is 9.69 Å². The van der Waals surface area contributed by atoms with Crippen molar-refractivity contribution in [2.45, 2.75) is 19.8 Å². The Bertz CT molecular complexity index is 300. The number of hydrogen-bond acceptors (Lipinski definition) is 3. The molecule has 0 spiro atoms. The molecule has 0 aliphatic carbocycles. The van der Waals surface area contributed by atoms with Crippen LogP contribution in [0.3, 0.4) is 0 Å². The van der Waals surface area contributed by atoms with Crippen LogP contribution in [0.2, 0.25) is 0 Å². The van der Waals surface area contributed by atoms with E-state index < -0.39 is 0 Å². The number of nitrogens with one attached hydrogen (secondary N) is 1. The van der Waals surface area contributed by atoms with Gasteiger partial charge in [-0.2, -0.15) is 0 Å². The van der Waals surface area contributed by atoms with Crippen molar-refractivity contribution in [2.24, 2.45) is 17.8 Å². The molecule has 3 aliphatic rings. The summed E-state index contributed by atoms with van der Waals surface area (Å²) in [5.74, 6) is 2.74. The van der Waals surface area contributed by atoms with E-state index in [1.807, 2.05) is 0 Å². The summed E-state index contributed by atoms with van der Waals surface area (Å²) in [5, 5.41) is 3.44. The van der Waals surface area contributed by atoms with Gasteiger partial charge in [-0.15, -0.1) is 0 Å². The average molecular weight is 251 g/mol. The fraction of sp³-hybridized carbons (Fsp3) is 0.929. The van der Waals surface area contributed by atoms with Gasteiger partial charge in [0.1, 0.15) is 0 Å². The van der Waals surface area contributed by atoms with Crippen molar-refractivity contribution in [3.63, 3.8) is 0 Å². The van der Waals surface area contributed by atoms with Crippen LogP contribution >= 0.6 is 0 Å². The van der Waals surface area contributed by atoms with Gasteiger partial charge in [0, 0.05) is 26.2 Å². The van der Waals surface area contributed by atoms with Gasteiger partial charge in [-0.25, -0.2) is 0 Å². The van der Waals surface area contributed by atoms with Crippen LogP contribution in [-0.4, -0.2) is 61.5 Å². The average Bonchev–Trinajstić information content (AvgIpc) is 2.90. The number of nitrogens with zero attached hydrogens (tertiary/aromatic N) is 2. The lowest BCUT2D eigenvalue weighted by Crippen LogP contribution is -2.43. The molecule has 1 N–H and O–H groups in total. The number of rotatable bonds is 2. The first kappa shape index (κ1) is 12.4. The lowest BCUT2D eigenvalue weighted by Gasteiger charge is -2.31. The number of fused-ring (bicyclic) bond motifs is 1. The Balaban J connectivity index is 1.47. The number of piperidine rings is 1. The van der Waals surface area contributed by atoms with E-state index in [9.17, 15) is 4.79 Å². The highest BCUT2D eigenvalue weighted by molar-refractivity contribution is 5.78. The first-order valence-corrected chi connectivity index (χ1v) is 7.43. The molecular weight excluding hydrogens is 226 g/mol. The minimum Gasteiger partial charge on any atom is -0.342 e. The summed E-state index contributed by atoms with van der Waals surface area (Å²) in [6.07, 6.45) is 2.36. The monoisotopic (exact) mass is 251 g/mol. The Morgan fingerprint density at radius 2 is 1.78 bits per heavy atom. The van der Waals surface area contributed by atoms with Gasteiger partial charge < -0.3 is 10.2 Å². The normalized spacial score (nSPS) is 33.9. The Morgan fingerprint density at radius 3 is 2.39 bits per heavy atom. The predicted octanol–water partition coefficient (Wildman–Crippen LogP) is 0.396. The molecule has 0 aromatic rings. The molecule has 1 amide bonds. The van der Waals surface area contributed by atoms with E-state index in [-0.39, 0.29) is 0 Å². The van der Waals surface area contributed by atoms with E-state index in [1.165, 1.54) is 12.8 Å². The minimum absolute atomic E-state index is 0.356. The summed E-state index contributed by atoms with van der Waals surface area (Å²) in [4.78, 5) is 16.7. The van der Waals surface area contributed by atoms with Crippen molar-refractivity contribution in [1.82, 2.24) is 15.1 Å². The quantitative estimate of drug-likeness (QED) is 0.771. The first-order chi connectivity index (χ1) is 8.72. The molecule has 4 nitrogen and oxygen atoms in total. The Morgan fingerprint density at radius 1 is 1.17 bits per heavy atom. The highest BCUT2D eigenvalue weighted by atomic mass is 16.2. The number of likely N-dealkylation sites (tertiary alicyclic amines) is 2. The molecule has 0 aromatic heterocycles. The molecule has 3 saturated heterocycles. The van der Waals surface area contributed by atoms with E-state index in [2.05, 4.69) is 22.0 Å². The van der Waals surface area contributed by atoms with Crippen LogP contribution in [0, 0.1) is 17.8 Å². The summed E-state index contributed by atoms with van der Waals surface area (Å²) in [7, 11) is 0. The molecule has 3 aliphatic heterocycles. The van der Waals surface area contributed by atoms with Crippen molar-refractivity contribution >= 4 is 5.91 Å². The van der Waals surface area contributed by atoms with E-state index in [1.54, 1.807) is 0 Å². The van der Waals surface area contributed by atoms with E-state index in [0.29, 0.717) is 12.5 Å². The molecular formula is C14H25N3O. The predicted molar refractivity (Wildman–Crippen MR) is 71.3 cm³/mol. The molecule has 0 unspecified atom stereocenters. The van der Waals surface area contributed by atoms with Gasteiger partial charge in [-0.05, 0) is 43.7 Å². The third-order valence-electron chi connectivity index (χ3n) is 4.96. The van der Waals surface area contributed by atoms with Crippen molar-refractivity contribution in [1.29, 1.82) is 0 Å². The van der Waals surface area contributed by atoms with E-state index >= 15 is 0 Å². The second-order valence-corrected chi connectivity index (χ2v) is 6.44. The Labute approximate surface area is 110 Å². The topological polar surface area (TPSA) is 35.6 Å². The number of hydrogen-bond donors (Lipinski definition) is 1. The summed E-state index contributed by atoms with van der Waals surface area (Å²) in [6, 6.07) is 0. The zero-order valence-corrected chi connectivity index (χ0v) is 11.4. The van der Waals surface area contributed by atoms with Gasteiger partial charge in [0.15, 0.2) is 0 Å². The zero-order chi connectivity index (χ0) is 12.5. The van der Waals surface area contributed by atoms with Crippen LogP contribution in [-0.2, 0) is 4.79 Å². The molecule has 0 bridgehead atoms. The largest absolute Gasteiger partial charge is 0.342 e. The van der Waals surface area contributed by atoms with Gasteiger partial charge >= 0.3 is 0 Å². The third-order valence-corrected chi connectivity index (χ3v) is 4.96. The minimum atomic E-state index is 0.356. The van der Waals surface area contributed by atoms with Crippen LogP contribution < -0.4 is 5.32 Å². The van der Waals surface area contributed by atoms with Crippen LogP contribution in [0.4, 0.5) is 0 Å². The zero-order valence-electron chi connectivity index (χ0n) is 11.4. The summed E-state index contributed by atoms with van der Waals surface area (Å²) >= 11 is 0. The molecule has 3 rings (SSSR count). The second-order valence-electron chi connectivity index (χ2n) is 6.44. The SMILES string of the molecule is CC1CCN(C(=O)CN2C[C@H]3CNC[C@H]3C2)CC1. The molecule has 18 heavy (non-hydrogen) atoms. The van der Waals surface area contributed by atoms with Crippen molar-refractivity contribution in [3.8, 4) is 0 Å². The molecule has 0 radical (unpaired) electrons. The molecule has 2 atom stereocenters. The maximum absolute atomic E-state index is 12.2. The molecule has 0 aromatic carbocycles. The molecule has 3 fully saturated rings. The van der Waals surface area contributed by atoms with Gasteiger partial charge in [0.25, 0.3) is 0 Å². The van der Waals surface area contributed by atoms with Crippen LogP contribution in [0.15, 0.2) is 0 Å². The number of carbonyl (C=O) groups excluding carboxylic acids is 1. The fourth-order valence-electron chi connectivity index (χ4n) is 3.63. The number of carbonyl (C=O) groups is 1. The summed E-state index contributed by atoms with van der Waals surface area (Å²) < 4.78 is 0.